The number of carboxylic acids is 1. The summed E-state index contributed by atoms with van der Waals surface area (Å²) in [5.74, 6) is -0.954. The molecule has 6 heteroatoms. The summed E-state index contributed by atoms with van der Waals surface area (Å²) in [6.45, 7) is 10.2. The van der Waals surface area contributed by atoms with E-state index in [1.807, 2.05) is 4.90 Å². The first kappa shape index (κ1) is 17.5. The number of hydrogen-bond acceptors (Lipinski definition) is 3. The Morgan fingerprint density at radius 1 is 1.17 bits per heavy atom. The molecule has 0 aromatic heterocycles. The number of hydrogen-bond donors (Lipinski definition) is 1. The third kappa shape index (κ3) is 4.13. The van der Waals surface area contributed by atoms with Crippen LogP contribution in [-0.4, -0.2) is 65.8 Å². The Hall–Kier alpha value is -1.82. The van der Waals surface area contributed by atoms with Gasteiger partial charge in [-0.2, -0.15) is 0 Å². The lowest BCUT2D eigenvalue weighted by Gasteiger charge is -2.37. The van der Waals surface area contributed by atoms with Crippen LogP contribution in [0.2, 0.25) is 0 Å². The van der Waals surface area contributed by atoms with Gasteiger partial charge in [0.1, 0.15) is 0 Å². The Balaban J connectivity index is 1.90. The molecular formula is C17H26N2O4. The lowest BCUT2D eigenvalue weighted by Crippen LogP contribution is -2.48. The number of ether oxygens (including phenoxy) is 1. The van der Waals surface area contributed by atoms with Gasteiger partial charge < -0.3 is 19.6 Å². The van der Waals surface area contributed by atoms with Gasteiger partial charge in [0.05, 0.1) is 12.0 Å². The molecule has 23 heavy (non-hydrogen) atoms. The molecule has 0 spiro atoms. The SMILES string of the molecule is C=CCN(CC=C)C(=O)N1CCC([C@@H]2OCC[C@H]2C(=O)O)CC1. The lowest BCUT2D eigenvalue weighted by atomic mass is 9.84. The number of carbonyl (C=O) groups excluding carboxylic acids is 1. The van der Waals surface area contributed by atoms with Gasteiger partial charge in [-0.15, -0.1) is 13.2 Å². The molecule has 2 rings (SSSR count). The predicted octanol–water partition coefficient (Wildman–Crippen LogP) is 1.98. The van der Waals surface area contributed by atoms with Crippen LogP contribution in [0.1, 0.15) is 19.3 Å². The zero-order chi connectivity index (χ0) is 16.8. The van der Waals surface area contributed by atoms with E-state index >= 15 is 0 Å². The first-order chi connectivity index (χ1) is 11.1. The van der Waals surface area contributed by atoms with Crippen molar-refractivity contribution in [2.45, 2.75) is 25.4 Å². The van der Waals surface area contributed by atoms with Crippen LogP contribution in [0.5, 0.6) is 0 Å². The van der Waals surface area contributed by atoms with E-state index in [0.717, 1.165) is 12.8 Å². The Morgan fingerprint density at radius 3 is 2.30 bits per heavy atom. The van der Waals surface area contributed by atoms with Gasteiger partial charge in [-0.05, 0) is 25.2 Å². The highest BCUT2D eigenvalue weighted by atomic mass is 16.5. The minimum Gasteiger partial charge on any atom is -0.481 e. The minimum absolute atomic E-state index is 0.00891. The monoisotopic (exact) mass is 322 g/mol. The molecule has 0 aromatic carbocycles. The molecule has 2 amide bonds. The van der Waals surface area contributed by atoms with E-state index in [1.165, 1.54) is 0 Å². The van der Waals surface area contributed by atoms with E-state index in [0.29, 0.717) is 39.2 Å². The van der Waals surface area contributed by atoms with Gasteiger partial charge in [0.15, 0.2) is 0 Å². The van der Waals surface area contributed by atoms with Gasteiger partial charge in [-0.1, -0.05) is 12.2 Å². The van der Waals surface area contributed by atoms with Gasteiger partial charge in [-0.3, -0.25) is 4.79 Å². The quantitative estimate of drug-likeness (QED) is 0.759. The average molecular weight is 322 g/mol. The Bertz CT molecular complexity index is 448. The summed E-state index contributed by atoms with van der Waals surface area (Å²) in [7, 11) is 0. The number of rotatable bonds is 6. The van der Waals surface area contributed by atoms with Gasteiger partial charge in [0.2, 0.25) is 0 Å². The number of carboxylic acid groups (broad SMARTS) is 1. The molecule has 0 aromatic rings. The lowest BCUT2D eigenvalue weighted by molar-refractivity contribution is -0.145. The number of urea groups is 1. The van der Waals surface area contributed by atoms with Crippen LogP contribution >= 0.6 is 0 Å². The second-order valence-corrected chi connectivity index (χ2v) is 6.16. The normalized spacial score (nSPS) is 25.1. The molecule has 0 radical (unpaired) electrons. The molecule has 2 aliphatic rings. The number of nitrogens with zero attached hydrogens (tertiary/aromatic N) is 2. The van der Waals surface area contributed by atoms with Crippen molar-refractivity contribution < 1.29 is 19.4 Å². The van der Waals surface area contributed by atoms with Crippen LogP contribution in [0.25, 0.3) is 0 Å². The molecule has 0 bridgehead atoms. The zero-order valence-electron chi connectivity index (χ0n) is 13.5. The van der Waals surface area contributed by atoms with Crippen LogP contribution in [-0.2, 0) is 9.53 Å². The van der Waals surface area contributed by atoms with E-state index < -0.39 is 11.9 Å². The van der Waals surface area contributed by atoms with Gasteiger partial charge in [0, 0.05) is 32.8 Å². The average Bonchev–Trinajstić information content (AvgIpc) is 3.04. The predicted molar refractivity (Wildman–Crippen MR) is 87.1 cm³/mol. The molecule has 2 aliphatic heterocycles. The summed E-state index contributed by atoms with van der Waals surface area (Å²) in [6, 6.07) is -0.00891. The van der Waals surface area contributed by atoms with Crippen molar-refractivity contribution in [3.05, 3.63) is 25.3 Å². The summed E-state index contributed by atoms with van der Waals surface area (Å²) in [5, 5.41) is 9.28. The fourth-order valence-electron chi connectivity index (χ4n) is 3.50. The zero-order valence-corrected chi connectivity index (χ0v) is 13.5. The maximum atomic E-state index is 12.5. The summed E-state index contributed by atoms with van der Waals surface area (Å²) < 4.78 is 5.67. The van der Waals surface area contributed by atoms with E-state index in [2.05, 4.69) is 13.2 Å². The summed E-state index contributed by atoms with van der Waals surface area (Å²) in [5.41, 5.74) is 0. The second kappa shape index (κ2) is 8.15. The molecule has 2 fully saturated rings. The highest BCUT2D eigenvalue weighted by molar-refractivity contribution is 5.75. The van der Waals surface area contributed by atoms with Crippen molar-refractivity contribution in [2.24, 2.45) is 11.8 Å². The highest BCUT2D eigenvalue weighted by Gasteiger charge is 2.41. The molecule has 0 aliphatic carbocycles. The maximum absolute atomic E-state index is 12.5. The van der Waals surface area contributed by atoms with Crippen LogP contribution in [0.3, 0.4) is 0 Å². The van der Waals surface area contributed by atoms with Gasteiger partial charge >= 0.3 is 12.0 Å². The molecule has 0 unspecified atom stereocenters. The van der Waals surface area contributed by atoms with Crippen molar-refractivity contribution in [1.29, 1.82) is 0 Å². The number of carbonyl (C=O) groups is 2. The van der Waals surface area contributed by atoms with E-state index in [1.54, 1.807) is 17.1 Å². The van der Waals surface area contributed by atoms with E-state index in [4.69, 9.17) is 4.74 Å². The maximum Gasteiger partial charge on any atom is 0.320 e. The standard InChI is InChI=1S/C17H26N2O4/c1-3-8-18(9-4-2)17(22)19-10-5-13(6-11-19)15-14(16(20)21)7-12-23-15/h3-4,13-15H,1-2,5-12H2,(H,20,21)/t14-,15+/m1/s1. The van der Waals surface area contributed by atoms with Crippen LogP contribution in [0.4, 0.5) is 4.79 Å². The Morgan fingerprint density at radius 2 is 1.78 bits per heavy atom. The van der Waals surface area contributed by atoms with Crippen molar-refractivity contribution in [3.8, 4) is 0 Å². The number of aliphatic carboxylic acids is 1. The summed E-state index contributed by atoms with van der Waals surface area (Å²) in [4.78, 5) is 27.3. The third-order valence-corrected chi connectivity index (χ3v) is 4.70. The molecule has 2 heterocycles. The largest absolute Gasteiger partial charge is 0.481 e. The van der Waals surface area contributed by atoms with Gasteiger partial charge in [0.25, 0.3) is 0 Å². The fourth-order valence-corrected chi connectivity index (χ4v) is 3.50. The van der Waals surface area contributed by atoms with Crippen molar-refractivity contribution in [3.63, 3.8) is 0 Å². The summed E-state index contributed by atoms with van der Waals surface area (Å²) in [6.07, 6.45) is 5.37. The smallest absolute Gasteiger partial charge is 0.320 e. The molecule has 2 atom stereocenters. The topological polar surface area (TPSA) is 70.1 Å². The molecule has 6 nitrogen and oxygen atoms in total. The second-order valence-electron chi connectivity index (χ2n) is 6.16. The first-order valence-corrected chi connectivity index (χ1v) is 8.18. The first-order valence-electron chi connectivity index (χ1n) is 8.18. The molecule has 1 N–H and O–H groups in total. The number of amides is 2. The van der Waals surface area contributed by atoms with Gasteiger partial charge in [-0.25, -0.2) is 4.79 Å². The van der Waals surface area contributed by atoms with Crippen LogP contribution in [0, 0.1) is 11.8 Å². The summed E-state index contributed by atoms with van der Waals surface area (Å²) >= 11 is 0. The minimum atomic E-state index is -0.769. The Labute approximate surface area is 137 Å². The van der Waals surface area contributed by atoms with Crippen molar-refractivity contribution in [1.82, 2.24) is 9.80 Å². The molecular weight excluding hydrogens is 296 g/mol. The van der Waals surface area contributed by atoms with Crippen LogP contribution < -0.4 is 0 Å². The number of piperidine rings is 1. The highest BCUT2D eigenvalue weighted by Crippen LogP contribution is 2.33. The van der Waals surface area contributed by atoms with Crippen molar-refractivity contribution in [2.75, 3.05) is 32.8 Å². The van der Waals surface area contributed by atoms with E-state index in [9.17, 15) is 14.7 Å². The molecule has 128 valence electrons. The molecule has 0 saturated carbocycles. The van der Waals surface area contributed by atoms with Crippen LogP contribution in [0.15, 0.2) is 25.3 Å². The third-order valence-electron chi connectivity index (χ3n) is 4.70. The van der Waals surface area contributed by atoms with Crippen molar-refractivity contribution >= 4 is 12.0 Å². The fraction of sp³-hybridized carbons (Fsp3) is 0.647. The Kier molecular flexibility index (Phi) is 6.21. The molecule has 2 saturated heterocycles. The van der Waals surface area contributed by atoms with E-state index in [-0.39, 0.29) is 18.1 Å². The number of likely N-dealkylation sites (tertiary alicyclic amines) is 1.